The largest absolute Gasteiger partial charge is 0.378 e. The number of anilines is 1. The van der Waals surface area contributed by atoms with Gasteiger partial charge in [0.25, 0.3) is 0 Å². The molecule has 0 saturated carbocycles. The molecule has 0 radical (unpaired) electrons. The average molecular weight is 364 g/mol. The van der Waals surface area contributed by atoms with Crippen molar-refractivity contribution in [2.24, 2.45) is 0 Å². The topological polar surface area (TPSA) is 42.7 Å². The summed E-state index contributed by atoms with van der Waals surface area (Å²) in [6.07, 6.45) is 5.34. The first-order valence-electron chi connectivity index (χ1n) is 6.37. The van der Waals surface area contributed by atoms with Gasteiger partial charge in [-0.05, 0) is 51.8 Å². The molecule has 2 heterocycles. The van der Waals surface area contributed by atoms with Crippen LogP contribution in [-0.4, -0.2) is 14.8 Å². The third-order valence-corrected chi connectivity index (χ3v) is 4.21. The van der Waals surface area contributed by atoms with Gasteiger partial charge in [-0.2, -0.15) is 5.10 Å². The Morgan fingerprint density at radius 1 is 1.19 bits per heavy atom. The molecule has 0 unspecified atom stereocenters. The summed E-state index contributed by atoms with van der Waals surface area (Å²) in [5, 5.41) is 8.28. The Morgan fingerprint density at radius 3 is 2.86 bits per heavy atom. The highest BCUT2D eigenvalue weighted by Gasteiger charge is 2.06. The van der Waals surface area contributed by atoms with E-state index >= 15 is 0 Å². The minimum absolute atomic E-state index is 0.660. The number of pyridine rings is 1. The Bertz CT molecular complexity index is 743. The van der Waals surface area contributed by atoms with Gasteiger partial charge in [0.1, 0.15) is 0 Å². The number of nitrogens with zero attached hydrogens (tertiary/aromatic N) is 3. The summed E-state index contributed by atoms with van der Waals surface area (Å²) in [7, 11) is 0. The smallest absolute Gasteiger partial charge is 0.176 e. The first-order chi connectivity index (χ1) is 10.2. The van der Waals surface area contributed by atoms with E-state index in [2.05, 4.69) is 31.3 Å². The second kappa shape index (κ2) is 6.28. The van der Waals surface area contributed by atoms with E-state index in [0.29, 0.717) is 11.6 Å². The molecule has 3 rings (SSSR count). The molecule has 2 aromatic heterocycles. The van der Waals surface area contributed by atoms with Crippen LogP contribution in [-0.2, 0) is 6.54 Å². The lowest BCUT2D eigenvalue weighted by Crippen LogP contribution is -2.06. The van der Waals surface area contributed by atoms with Gasteiger partial charge in [0, 0.05) is 29.6 Å². The molecule has 21 heavy (non-hydrogen) atoms. The highest BCUT2D eigenvalue weighted by Crippen LogP contribution is 2.24. The highest BCUT2D eigenvalue weighted by atomic mass is 79.9. The van der Waals surface area contributed by atoms with Crippen molar-refractivity contribution in [3.63, 3.8) is 0 Å². The van der Waals surface area contributed by atoms with Crippen LogP contribution in [0, 0.1) is 0 Å². The van der Waals surface area contributed by atoms with Crippen LogP contribution in [0.2, 0.25) is 5.02 Å². The molecule has 0 atom stereocenters. The van der Waals surface area contributed by atoms with Crippen molar-refractivity contribution >= 4 is 33.2 Å². The lowest BCUT2D eigenvalue weighted by atomic mass is 10.2. The van der Waals surface area contributed by atoms with E-state index in [1.165, 1.54) is 0 Å². The SMILES string of the molecule is Clc1cc(CNc2cccnc2-n2cccn2)ccc1Br. The molecule has 6 heteroatoms. The zero-order chi connectivity index (χ0) is 14.7. The molecule has 0 aliphatic heterocycles. The van der Waals surface area contributed by atoms with Crippen LogP contribution in [0.3, 0.4) is 0 Å². The predicted octanol–water partition coefficient (Wildman–Crippen LogP) is 4.30. The van der Waals surface area contributed by atoms with Crippen LogP contribution in [0.25, 0.3) is 5.82 Å². The number of hydrogen-bond acceptors (Lipinski definition) is 3. The Balaban J connectivity index is 1.81. The molecule has 106 valence electrons. The minimum atomic E-state index is 0.660. The van der Waals surface area contributed by atoms with E-state index in [-0.39, 0.29) is 0 Å². The van der Waals surface area contributed by atoms with Gasteiger partial charge in [0.15, 0.2) is 5.82 Å². The van der Waals surface area contributed by atoms with E-state index in [0.717, 1.165) is 21.5 Å². The van der Waals surface area contributed by atoms with Crippen molar-refractivity contribution in [3.05, 3.63) is 70.0 Å². The molecule has 1 N–H and O–H groups in total. The lowest BCUT2D eigenvalue weighted by Gasteiger charge is -2.11. The van der Waals surface area contributed by atoms with Gasteiger partial charge in [-0.15, -0.1) is 0 Å². The summed E-state index contributed by atoms with van der Waals surface area (Å²) in [5.41, 5.74) is 2.01. The normalized spacial score (nSPS) is 10.6. The highest BCUT2D eigenvalue weighted by molar-refractivity contribution is 9.10. The van der Waals surface area contributed by atoms with Gasteiger partial charge in [-0.3, -0.25) is 0 Å². The molecular weight excluding hydrogens is 352 g/mol. The number of nitrogens with one attached hydrogen (secondary N) is 1. The zero-order valence-corrected chi connectivity index (χ0v) is 13.3. The Morgan fingerprint density at radius 2 is 2.10 bits per heavy atom. The van der Waals surface area contributed by atoms with Gasteiger partial charge in [0.2, 0.25) is 0 Å². The van der Waals surface area contributed by atoms with E-state index in [4.69, 9.17) is 11.6 Å². The summed E-state index contributed by atoms with van der Waals surface area (Å²) in [6.45, 7) is 0.660. The van der Waals surface area contributed by atoms with Crippen LogP contribution >= 0.6 is 27.5 Å². The molecule has 0 aliphatic rings. The zero-order valence-electron chi connectivity index (χ0n) is 11.0. The fourth-order valence-electron chi connectivity index (χ4n) is 1.96. The van der Waals surface area contributed by atoms with Gasteiger partial charge in [0.05, 0.1) is 10.7 Å². The second-order valence-electron chi connectivity index (χ2n) is 4.43. The third-order valence-electron chi connectivity index (χ3n) is 2.98. The molecule has 0 saturated heterocycles. The maximum Gasteiger partial charge on any atom is 0.176 e. The standard InChI is InChI=1S/C15H12BrClN4/c16-12-5-4-11(9-13(12)17)10-19-14-3-1-6-18-15(14)21-8-2-7-20-21/h1-9,19H,10H2. The summed E-state index contributed by atoms with van der Waals surface area (Å²) in [5.74, 6) is 0.769. The number of halogens is 2. The van der Waals surface area contributed by atoms with Crippen LogP contribution in [0.5, 0.6) is 0 Å². The maximum atomic E-state index is 6.11. The number of hydrogen-bond donors (Lipinski definition) is 1. The Kier molecular flexibility index (Phi) is 4.22. The van der Waals surface area contributed by atoms with Crippen LogP contribution in [0.4, 0.5) is 5.69 Å². The molecule has 1 aromatic carbocycles. The van der Waals surface area contributed by atoms with Gasteiger partial charge in [-0.25, -0.2) is 9.67 Å². The van der Waals surface area contributed by atoms with E-state index in [1.54, 1.807) is 17.1 Å². The Labute approximate surface area is 135 Å². The molecule has 4 nitrogen and oxygen atoms in total. The van der Waals surface area contributed by atoms with Gasteiger partial charge < -0.3 is 5.32 Å². The van der Waals surface area contributed by atoms with Crippen LogP contribution in [0.15, 0.2) is 59.5 Å². The number of benzene rings is 1. The van der Waals surface area contributed by atoms with Crippen LogP contribution in [0.1, 0.15) is 5.56 Å². The third kappa shape index (κ3) is 3.25. The molecule has 0 fully saturated rings. The van der Waals surface area contributed by atoms with Crippen molar-refractivity contribution < 1.29 is 0 Å². The molecule has 0 aliphatic carbocycles. The Hall–Kier alpha value is -1.85. The molecular formula is C15H12BrClN4. The first kappa shape index (κ1) is 14.1. The number of aromatic nitrogens is 3. The van der Waals surface area contributed by atoms with E-state index in [1.807, 2.05) is 42.6 Å². The molecule has 3 aromatic rings. The maximum absolute atomic E-state index is 6.11. The number of rotatable bonds is 4. The van der Waals surface area contributed by atoms with E-state index in [9.17, 15) is 0 Å². The van der Waals surface area contributed by atoms with Gasteiger partial charge in [-0.1, -0.05) is 17.7 Å². The summed E-state index contributed by atoms with van der Waals surface area (Å²) in [6, 6.07) is 11.6. The van der Waals surface area contributed by atoms with Crippen molar-refractivity contribution in [2.45, 2.75) is 6.54 Å². The van der Waals surface area contributed by atoms with Crippen molar-refractivity contribution in [2.75, 3.05) is 5.32 Å². The average Bonchev–Trinajstić information content (AvgIpc) is 3.03. The fraction of sp³-hybridized carbons (Fsp3) is 0.0667. The summed E-state index contributed by atoms with van der Waals surface area (Å²) < 4.78 is 2.63. The van der Waals surface area contributed by atoms with Crippen molar-refractivity contribution in [1.82, 2.24) is 14.8 Å². The van der Waals surface area contributed by atoms with Gasteiger partial charge >= 0.3 is 0 Å². The monoisotopic (exact) mass is 362 g/mol. The predicted molar refractivity (Wildman–Crippen MR) is 87.8 cm³/mol. The van der Waals surface area contributed by atoms with Crippen LogP contribution < -0.4 is 5.32 Å². The second-order valence-corrected chi connectivity index (χ2v) is 5.69. The fourth-order valence-corrected chi connectivity index (χ4v) is 2.41. The molecule has 0 bridgehead atoms. The molecule has 0 spiro atoms. The van der Waals surface area contributed by atoms with E-state index < -0.39 is 0 Å². The summed E-state index contributed by atoms with van der Waals surface area (Å²) >= 11 is 9.50. The van der Waals surface area contributed by atoms with Crippen molar-refractivity contribution in [1.29, 1.82) is 0 Å². The molecule has 0 amide bonds. The lowest BCUT2D eigenvalue weighted by molar-refractivity contribution is 0.846. The van der Waals surface area contributed by atoms with Crippen molar-refractivity contribution in [3.8, 4) is 5.82 Å². The minimum Gasteiger partial charge on any atom is -0.378 e. The first-order valence-corrected chi connectivity index (χ1v) is 7.54. The summed E-state index contributed by atoms with van der Waals surface area (Å²) in [4.78, 5) is 4.37. The quantitative estimate of drug-likeness (QED) is 0.751.